The van der Waals surface area contributed by atoms with E-state index in [9.17, 15) is 9.90 Å². The Morgan fingerprint density at radius 2 is 1.94 bits per heavy atom. The molecule has 0 radical (unpaired) electrons. The van der Waals surface area contributed by atoms with Crippen LogP contribution in [0.15, 0.2) is 48.7 Å². The number of rotatable bonds is 4. The normalized spacial score (nSPS) is 12.1. The Bertz CT molecular complexity index is 537. The number of nitrogens with zero attached hydrogens (tertiary/aromatic N) is 1. The molecule has 92 valence electrons. The number of aryl methyl sites for hydroxylation is 1. The topological polar surface area (TPSA) is 50.2 Å². The minimum atomic E-state index is -0.833. The average molecular weight is 241 g/mol. The van der Waals surface area contributed by atoms with E-state index >= 15 is 0 Å². The summed E-state index contributed by atoms with van der Waals surface area (Å²) in [6.45, 7) is 1.89. The summed E-state index contributed by atoms with van der Waals surface area (Å²) in [5.41, 5.74) is 2.57. The van der Waals surface area contributed by atoms with E-state index in [-0.39, 0.29) is 0 Å². The van der Waals surface area contributed by atoms with Crippen LogP contribution in [0.1, 0.15) is 22.7 Å². The summed E-state index contributed by atoms with van der Waals surface area (Å²) in [4.78, 5) is 15.6. The standard InChI is InChI=1S/C15H15NO2/c1-11-6-5-9-16-14(11)13(15(17)18)10-12-7-3-2-4-8-12/h2-9,13H,10H2,1H3,(H,17,18). The molecule has 1 heterocycles. The number of pyridine rings is 1. The van der Waals surface area contributed by atoms with Crippen molar-refractivity contribution < 1.29 is 9.90 Å². The van der Waals surface area contributed by atoms with Crippen LogP contribution in [-0.2, 0) is 11.2 Å². The predicted molar refractivity (Wildman–Crippen MR) is 69.5 cm³/mol. The third kappa shape index (κ3) is 2.74. The van der Waals surface area contributed by atoms with Gasteiger partial charge in [-0.25, -0.2) is 0 Å². The Hall–Kier alpha value is -2.16. The van der Waals surface area contributed by atoms with E-state index in [0.29, 0.717) is 12.1 Å². The first-order valence-corrected chi connectivity index (χ1v) is 5.86. The number of carboxylic acid groups (broad SMARTS) is 1. The smallest absolute Gasteiger partial charge is 0.312 e. The SMILES string of the molecule is Cc1cccnc1C(Cc1ccccc1)C(=O)O. The number of aromatic nitrogens is 1. The quantitative estimate of drug-likeness (QED) is 0.895. The molecule has 0 fully saturated rings. The van der Waals surface area contributed by atoms with Crippen LogP contribution in [0, 0.1) is 6.92 Å². The van der Waals surface area contributed by atoms with Gasteiger partial charge in [-0.1, -0.05) is 36.4 Å². The van der Waals surface area contributed by atoms with Crippen LogP contribution >= 0.6 is 0 Å². The van der Waals surface area contributed by atoms with Crippen LogP contribution in [0.25, 0.3) is 0 Å². The third-order valence-electron chi connectivity index (χ3n) is 2.96. The molecule has 0 spiro atoms. The fraction of sp³-hybridized carbons (Fsp3) is 0.200. The third-order valence-corrected chi connectivity index (χ3v) is 2.96. The molecule has 1 unspecified atom stereocenters. The molecule has 0 aliphatic rings. The molecule has 1 aromatic carbocycles. The molecule has 1 aromatic heterocycles. The van der Waals surface area contributed by atoms with Crippen LogP contribution in [0.2, 0.25) is 0 Å². The number of carboxylic acids is 1. The van der Waals surface area contributed by atoms with Crippen LogP contribution < -0.4 is 0 Å². The number of benzene rings is 1. The average Bonchev–Trinajstić information content (AvgIpc) is 2.38. The zero-order valence-electron chi connectivity index (χ0n) is 10.2. The number of hydrogen-bond donors (Lipinski definition) is 1. The second kappa shape index (κ2) is 5.45. The van der Waals surface area contributed by atoms with Crippen molar-refractivity contribution in [2.24, 2.45) is 0 Å². The lowest BCUT2D eigenvalue weighted by atomic mass is 9.93. The highest BCUT2D eigenvalue weighted by atomic mass is 16.4. The van der Waals surface area contributed by atoms with Crippen molar-refractivity contribution in [3.8, 4) is 0 Å². The fourth-order valence-electron chi connectivity index (χ4n) is 2.01. The van der Waals surface area contributed by atoms with Gasteiger partial charge in [0.15, 0.2) is 0 Å². The molecule has 3 nitrogen and oxygen atoms in total. The Morgan fingerprint density at radius 3 is 2.56 bits per heavy atom. The highest BCUT2D eigenvalue weighted by Crippen LogP contribution is 2.22. The van der Waals surface area contributed by atoms with Crippen molar-refractivity contribution in [2.75, 3.05) is 0 Å². The number of carbonyl (C=O) groups is 1. The van der Waals surface area contributed by atoms with E-state index in [1.165, 1.54) is 0 Å². The van der Waals surface area contributed by atoms with E-state index < -0.39 is 11.9 Å². The molecule has 3 heteroatoms. The van der Waals surface area contributed by atoms with Crippen molar-refractivity contribution in [2.45, 2.75) is 19.3 Å². The first-order valence-electron chi connectivity index (χ1n) is 5.86. The molecule has 1 atom stereocenters. The summed E-state index contributed by atoms with van der Waals surface area (Å²) in [6.07, 6.45) is 2.11. The predicted octanol–water partition coefficient (Wildman–Crippen LogP) is 2.80. The molecular weight excluding hydrogens is 226 g/mol. The van der Waals surface area contributed by atoms with E-state index in [4.69, 9.17) is 0 Å². The van der Waals surface area contributed by atoms with Gasteiger partial charge in [0, 0.05) is 6.20 Å². The maximum atomic E-state index is 11.4. The van der Waals surface area contributed by atoms with E-state index in [1.807, 2.05) is 49.4 Å². The Balaban J connectivity index is 2.30. The number of hydrogen-bond acceptors (Lipinski definition) is 2. The minimum absolute atomic E-state index is 0.466. The summed E-state index contributed by atoms with van der Waals surface area (Å²) < 4.78 is 0. The molecule has 0 aliphatic heterocycles. The van der Waals surface area contributed by atoms with Crippen molar-refractivity contribution in [1.82, 2.24) is 4.98 Å². The molecule has 0 aliphatic carbocycles. The molecule has 0 saturated heterocycles. The highest BCUT2D eigenvalue weighted by molar-refractivity contribution is 5.76. The van der Waals surface area contributed by atoms with Gasteiger partial charge in [-0.05, 0) is 30.5 Å². The van der Waals surface area contributed by atoms with Gasteiger partial charge in [0.1, 0.15) is 5.92 Å². The fourth-order valence-corrected chi connectivity index (χ4v) is 2.01. The van der Waals surface area contributed by atoms with Gasteiger partial charge in [-0.2, -0.15) is 0 Å². The van der Waals surface area contributed by atoms with Crippen molar-refractivity contribution >= 4 is 5.97 Å². The second-order valence-corrected chi connectivity index (χ2v) is 4.29. The molecule has 18 heavy (non-hydrogen) atoms. The minimum Gasteiger partial charge on any atom is -0.481 e. The molecular formula is C15H15NO2. The number of aliphatic carboxylic acids is 1. The zero-order valence-corrected chi connectivity index (χ0v) is 10.2. The van der Waals surface area contributed by atoms with Gasteiger partial charge in [-0.15, -0.1) is 0 Å². The first-order chi connectivity index (χ1) is 8.68. The van der Waals surface area contributed by atoms with Crippen LogP contribution in [0.3, 0.4) is 0 Å². The van der Waals surface area contributed by atoms with Gasteiger partial charge < -0.3 is 5.11 Å². The van der Waals surface area contributed by atoms with E-state index in [2.05, 4.69) is 4.98 Å². The summed E-state index contributed by atoms with van der Waals surface area (Å²) in [5, 5.41) is 9.37. The largest absolute Gasteiger partial charge is 0.481 e. The van der Waals surface area contributed by atoms with Crippen molar-refractivity contribution in [3.63, 3.8) is 0 Å². The lowest BCUT2D eigenvalue weighted by Crippen LogP contribution is -2.17. The van der Waals surface area contributed by atoms with Gasteiger partial charge >= 0.3 is 5.97 Å². The van der Waals surface area contributed by atoms with Crippen molar-refractivity contribution in [3.05, 3.63) is 65.5 Å². The summed E-state index contributed by atoms with van der Waals surface area (Å²) in [6, 6.07) is 13.3. The lowest BCUT2D eigenvalue weighted by Gasteiger charge is -2.14. The molecule has 2 rings (SSSR count). The summed E-state index contributed by atoms with van der Waals surface area (Å²) >= 11 is 0. The monoisotopic (exact) mass is 241 g/mol. The van der Waals surface area contributed by atoms with E-state index in [1.54, 1.807) is 6.20 Å². The zero-order chi connectivity index (χ0) is 13.0. The Kier molecular flexibility index (Phi) is 3.72. The Morgan fingerprint density at radius 1 is 1.22 bits per heavy atom. The molecule has 0 saturated carbocycles. The lowest BCUT2D eigenvalue weighted by molar-refractivity contribution is -0.138. The maximum Gasteiger partial charge on any atom is 0.312 e. The first kappa shape index (κ1) is 12.3. The van der Waals surface area contributed by atoms with E-state index in [0.717, 1.165) is 11.1 Å². The van der Waals surface area contributed by atoms with Crippen molar-refractivity contribution in [1.29, 1.82) is 0 Å². The van der Waals surface area contributed by atoms with Gasteiger partial charge in [0.05, 0.1) is 5.69 Å². The van der Waals surface area contributed by atoms with Gasteiger partial charge in [0.2, 0.25) is 0 Å². The summed E-state index contributed by atoms with van der Waals surface area (Å²) in [5.74, 6) is -1.42. The van der Waals surface area contributed by atoms with Gasteiger partial charge in [0.25, 0.3) is 0 Å². The van der Waals surface area contributed by atoms with Crippen LogP contribution in [0.5, 0.6) is 0 Å². The molecule has 0 amide bonds. The highest BCUT2D eigenvalue weighted by Gasteiger charge is 2.23. The maximum absolute atomic E-state index is 11.4. The molecule has 1 N–H and O–H groups in total. The summed E-state index contributed by atoms with van der Waals surface area (Å²) in [7, 11) is 0. The van der Waals surface area contributed by atoms with Crippen LogP contribution in [0.4, 0.5) is 0 Å². The molecule has 2 aromatic rings. The molecule has 0 bridgehead atoms. The van der Waals surface area contributed by atoms with Crippen LogP contribution in [-0.4, -0.2) is 16.1 Å². The second-order valence-electron chi connectivity index (χ2n) is 4.29. The van der Waals surface area contributed by atoms with Gasteiger partial charge in [-0.3, -0.25) is 9.78 Å². The Labute approximate surface area is 106 Å².